The third-order valence-electron chi connectivity index (χ3n) is 1.84. The van der Waals surface area contributed by atoms with Gasteiger partial charge < -0.3 is 10.5 Å². The van der Waals surface area contributed by atoms with Crippen LogP contribution in [0.15, 0.2) is 5.38 Å². The van der Waals surface area contributed by atoms with Gasteiger partial charge >= 0.3 is 5.97 Å². The van der Waals surface area contributed by atoms with Gasteiger partial charge in [-0.3, -0.25) is 0 Å². The molecule has 0 aliphatic carbocycles. The van der Waals surface area contributed by atoms with E-state index in [9.17, 15) is 4.79 Å². The standard InChI is InChI=1S/C9H12N2O2S/c1-2-6(10)3-4-8-11-7(5-14-8)9(12)13/h5,10H,2-4H2,1H3,(H,12,13). The predicted molar refractivity (Wildman–Crippen MR) is 55.4 cm³/mol. The van der Waals surface area contributed by atoms with E-state index in [4.69, 9.17) is 10.5 Å². The third-order valence-corrected chi connectivity index (χ3v) is 2.75. The van der Waals surface area contributed by atoms with E-state index in [0.29, 0.717) is 18.6 Å². The van der Waals surface area contributed by atoms with Gasteiger partial charge in [0.1, 0.15) is 0 Å². The topological polar surface area (TPSA) is 74.0 Å². The van der Waals surface area contributed by atoms with Crippen molar-refractivity contribution in [2.45, 2.75) is 26.2 Å². The molecule has 0 aromatic carbocycles. The minimum atomic E-state index is -0.988. The molecule has 14 heavy (non-hydrogen) atoms. The van der Waals surface area contributed by atoms with Crippen molar-refractivity contribution in [1.29, 1.82) is 5.41 Å². The number of aromatic carboxylic acids is 1. The highest BCUT2D eigenvalue weighted by Gasteiger charge is 2.08. The zero-order valence-electron chi connectivity index (χ0n) is 7.91. The Labute approximate surface area is 86.1 Å². The zero-order chi connectivity index (χ0) is 10.6. The van der Waals surface area contributed by atoms with Gasteiger partial charge in [0, 0.05) is 17.5 Å². The fourth-order valence-corrected chi connectivity index (χ4v) is 1.73. The first-order chi connectivity index (χ1) is 6.63. The van der Waals surface area contributed by atoms with Crippen LogP contribution in [0.5, 0.6) is 0 Å². The number of carboxylic acids is 1. The van der Waals surface area contributed by atoms with Gasteiger partial charge in [-0.05, 0) is 12.8 Å². The number of carbonyl (C=O) groups is 1. The molecule has 0 fully saturated rings. The lowest BCUT2D eigenvalue weighted by atomic mass is 10.2. The van der Waals surface area contributed by atoms with Crippen molar-refractivity contribution >= 4 is 23.0 Å². The molecule has 5 heteroatoms. The van der Waals surface area contributed by atoms with Gasteiger partial charge in [-0.25, -0.2) is 9.78 Å². The summed E-state index contributed by atoms with van der Waals surface area (Å²) in [6, 6.07) is 0. The quantitative estimate of drug-likeness (QED) is 0.735. The average Bonchev–Trinajstić information content (AvgIpc) is 2.62. The summed E-state index contributed by atoms with van der Waals surface area (Å²) in [6.45, 7) is 1.94. The zero-order valence-corrected chi connectivity index (χ0v) is 8.73. The Morgan fingerprint density at radius 3 is 2.93 bits per heavy atom. The molecule has 0 aliphatic heterocycles. The number of aromatic nitrogens is 1. The fourth-order valence-electron chi connectivity index (χ4n) is 0.959. The number of nitrogens with zero attached hydrogens (tertiary/aromatic N) is 1. The van der Waals surface area contributed by atoms with Crippen molar-refractivity contribution in [3.05, 3.63) is 16.1 Å². The van der Waals surface area contributed by atoms with Crippen molar-refractivity contribution in [2.75, 3.05) is 0 Å². The van der Waals surface area contributed by atoms with Crippen LogP contribution in [-0.2, 0) is 6.42 Å². The summed E-state index contributed by atoms with van der Waals surface area (Å²) in [4.78, 5) is 14.4. The maximum absolute atomic E-state index is 10.5. The molecule has 0 aliphatic rings. The monoisotopic (exact) mass is 212 g/mol. The van der Waals surface area contributed by atoms with E-state index < -0.39 is 5.97 Å². The lowest BCUT2D eigenvalue weighted by molar-refractivity contribution is 0.0691. The van der Waals surface area contributed by atoms with E-state index >= 15 is 0 Å². The summed E-state index contributed by atoms with van der Waals surface area (Å²) in [7, 11) is 0. The van der Waals surface area contributed by atoms with Gasteiger partial charge in [0.2, 0.25) is 0 Å². The number of thiazole rings is 1. The predicted octanol–water partition coefficient (Wildman–Crippen LogP) is 2.20. The van der Waals surface area contributed by atoms with Gasteiger partial charge in [0.05, 0.1) is 5.01 Å². The molecule has 4 nitrogen and oxygen atoms in total. The highest BCUT2D eigenvalue weighted by Crippen LogP contribution is 2.12. The SMILES string of the molecule is CCC(=N)CCc1nc(C(=O)O)cs1. The highest BCUT2D eigenvalue weighted by atomic mass is 32.1. The summed E-state index contributed by atoms with van der Waals surface area (Å²) >= 11 is 1.34. The van der Waals surface area contributed by atoms with Crippen molar-refractivity contribution < 1.29 is 9.90 Å². The van der Waals surface area contributed by atoms with Gasteiger partial charge in [-0.15, -0.1) is 11.3 Å². The molecule has 0 atom stereocenters. The molecule has 0 spiro atoms. The second-order valence-corrected chi connectivity index (χ2v) is 3.83. The molecule has 1 aromatic rings. The Bertz CT molecular complexity index is 346. The second-order valence-electron chi connectivity index (χ2n) is 2.89. The molecule has 0 amide bonds. The highest BCUT2D eigenvalue weighted by molar-refractivity contribution is 7.09. The minimum absolute atomic E-state index is 0.105. The van der Waals surface area contributed by atoms with E-state index in [0.717, 1.165) is 11.4 Å². The Morgan fingerprint density at radius 2 is 2.43 bits per heavy atom. The smallest absolute Gasteiger partial charge is 0.355 e. The Hall–Kier alpha value is -1.23. The lowest BCUT2D eigenvalue weighted by Gasteiger charge is -1.96. The molecule has 76 valence electrons. The van der Waals surface area contributed by atoms with Crippen LogP contribution in [0, 0.1) is 5.41 Å². The van der Waals surface area contributed by atoms with Crippen LogP contribution < -0.4 is 0 Å². The number of aryl methyl sites for hydroxylation is 1. The van der Waals surface area contributed by atoms with E-state index in [1.165, 1.54) is 16.7 Å². The van der Waals surface area contributed by atoms with Crippen LogP contribution in [0.4, 0.5) is 0 Å². The molecule has 0 radical (unpaired) electrons. The molecule has 0 saturated carbocycles. The maximum Gasteiger partial charge on any atom is 0.355 e. The van der Waals surface area contributed by atoms with Crippen LogP contribution >= 0.6 is 11.3 Å². The maximum atomic E-state index is 10.5. The molecular weight excluding hydrogens is 200 g/mol. The van der Waals surface area contributed by atoms with Crippen LogP contribution in [0.1, 0.15) is 35.3 Å². The van der Waals surface area contributed by atoms with Crippen LogP contribution in [0.2, 0.25) is 0 Å². The van der Waals surface area contributed by atoms with E-state index in [1.54, 1.807) is 0 Å². The summed E-state index contributed by atoms with van der Waals surface area (Å²) in [5.74, 6) is -0.988. The average molecular weight is 212 g/mol. The van der Waals surface area contributed by atoms with Crippen LogP contribution in [0.25, 0.3) is 0 Å². The van der Waals surface area contributed by atoms with Crippen molar-refractivity contribution in [3.63, 3.8) is 0 Å². The Balaban J connectivity index is 2.52. The summed E-state index contributed by atoms with van der Waals surface area (Å²) in [5, 5.41) is 18.4. The Morgan fingerprint density at radius 1 is 1.71 bits per heavy atom. The van der Waals surface area contributed by atoms with Gasteiger partial charge in [-0.2, -0.15) is 0 Å². The van der Waals surface area contributed by atoms with Crippen molar-refractivity contribution in [2.24, 2.45) is 0 Å². The first kappa shape index (κ1) is 10.8. The van der Waals surface area contributed by atoms with Crippen LogP contribution in [-0.4, -0.2) is 21.8 Å². The first-order valence-corrected chi connectivity index (χ1v) is 5.25. The summed E-state index contributed by atoms with van der Waals surface area (Å²) < 4.78 is 0. The molecule has 1 heterocycles. The minimum Gasteiger partial charge on any atom is -0.476 e. The number of nitrogens with one attached hydrogen (secondary N) is 1. The molecule has 0 bridgehead atoms. The van der Waals surface area contributed by atoms with E-state index in [2.05, 4.69) is 4.98 Å². The van der Waals surface area contributed by atoms with Crippen molar-refractivity contribution in [1.82, 2.24) is 4.98 Å². The number of rotatable bonds is 5. The molecule has 0 unspecified atom stereocenters. The lowest BCUT2D eigenvalue weighted by Crippen LogP contribution is -1.99. The fraction of sp³-hybridized carbons (Fsp3) is 0.444. The normalized spacial score (nSPS) is 10.1. The van der Waals surface area contributed by atoms with Gasteiger partial charge in [-0.1, -0.05) is 6.92 Å². The van der Waals surface area contributed by atoms with Gasteiger partial charge in [0.15, 0.2) is 5.69 Å². The van der Waals surface area contributed by atoms with Crippen LogP contribution in [0.3, 0.4) is 0 Å². The number of hydrogen-bond acceptors (Lipinski definition) is 4. The van der Waals surface area contributed by atoms with E-state index in [1.807, 2.05) is 6.92 Å². The first-order valence-electron chi connectivity index (χ1n) is 4.37. The molecular formula is C9H12N2O2S. The van der Waals surface area contributed by atoms with E-state index in [-0.39, 0.29) is 5.69 Å². The molecule has 2 N–H and O–H groups in total. The summed E-state index contributed by atoms with van der Waals surface area (Å²) in [6.07, 6.45) is 2.09. The molecule has 0 saturated heterocycles. The largest absolute Gasteiger partial charge is 0.476 e. The number of hydrogen-bond donors (Lipinski definition) is 2. The number of carboxylic acid groups (broad SMARTS) is 1. The Kier molecular flexibility index (Phi) is 3.76. The third kappa shape index (κ3) is 2.92. The summed E-state index contributed by atoms with van der Waals surface area (Å²) in [5.41, 5.74) is 0.783. The van der Waals surface area contributed by atoms with Crippen molar-refractivity contribution in [3.8, 4) is 0 Å². The molecule has 1 rings (SSSR count). The second kappa shape index (κ2) is 4.85. The molecule has 1 aromatic heterocycles. The van der Waals surface area contributed by atoms with Gasteiger partial charge in [0.25, 0.3) is 0 Å².